The Morgan fingerprint density at radius 1 is 1.06 bits per heavy atom. The average molecular weight is 432 g/mol. The highest BCUT2D eigenvalue weighted by Gasteiger charge is 2.25. The second-order valence-electron chi connectivity index (χ2n) is 8.88. The Kier molecular flexibility index (Phi) is 11.6. The molecule has 174 valence electrons. The second kappa shape index (κ2) is 14.2. The molecule has 2 heterocycles. The first-order valence-electron chi connectivity index (χ1n) is 12.0. The molecule has 6 nitrogen and oxygen atoms in total. The lowest BCUT2D eigenvalue weighted by molar-refractivity contribution is -0.136. The van der Waals surface area contributed by atoms with Crippen LogP contribution in [0.2, 0.25) is 0 Å². The van der Waals surface area contributed by atoms with Crippen molar-refractivity contribution in [2.75, 3.05) is 32.7 Å². The number of nitrogens with two attached hydrogens (primary N) is 1. The third-order valence-corrected chi connectivity index (χ3v) is 6.46. The Morgan fingerprint density at radius 3 is 2.29 bits per heavy atom. The van der Waals surface area contributed by atoms with E-state index in [9.17, 15) is 9.59 Å². The molecule has 2 aliphatic heterocycles. The number of carboxylic acid groups (broad SMARTS) is 1. The van der Waals surface area contributed by atoms with Crippen LogP contribution in [-0.4, -0.2) is 65.5 Å². The van der Waals surface area contributed by atoms with Crippen LogP contribution >= 0.6 is 0 Å². The smallest absolute Gasteiger partial charge is 0.307 e. The quantitative estimate of drug-likeness (QED) is 0.657. The van der Waals surface area contributed by atoms with Crippen LogP contribution in [0.4, 0.5) is 0 Å². The van der Waals surface area contributed by atoms with Crippen molar-refractivity contribution in [2.45, 2.75) is 70.8 Å². The molecule has 2 aliphatic rings. The summed E-state index contributed by atoms with van der Waals surface area (Å²) in [6, 6.07) is 8.84. The standard InChI is InChI=1S/C17H33N3O.C8H8O2/c1-2-15-8-13-20(14-9-15)17(21)16(18)7-6-12-19-10-4-3-5-11-19;9-8(10)6-7-4-2-1-3-5-7/h15-16H,2-14,18H2,1H3;1-5H,6H2,(H,9,10). The predicted molar refractivity (Wildman–Crippen MR) is 125 cm³/mol. The van der Waals surface area contributed by atoms with Gasteiger partial charge in [-0.05, 0) is 69.6 Å². The largest absolute Gasteiger partial charge is 0.481 e. The van der Waals surface area contributed by atoms with Gasteiger partial charge in [0.25, 0.3) is 0 Å². The molecule has 3 rings (SSSR count). The number of aliphatic carboxylic acids is 1. The first-order valence-corrected chi connectivity index (χ1v) is 12.0. The number of benzene rings is 1. The van der Waals surface area contributed by atoms with E-state index in [1.54, 1.807) is 12.1 Å². The van der Waals surface area contributed by atoms with Gasteiger partial charge in [0, 0.05) is 13.1 Å². The van der Waals surface area contributed by atoms with E-state index in [2.05, 4.69) is 11.8 Å². The van der Waals surface area contributed by atoms with E-state index in [4.69, 9.17) is 10.8 Å². The van der Waals surface area contributed by atoms with E-state index in [0.717, 1.165) is 56.8 Å². The van der Waals surface area contributed by atoms with Crippen LogP contribution in [0, 0.1) is 5.92 Å². The minimum atomic E-state index is -0.786. The van der Waals surface area contributed by atoms with Gasteiger partial charge >= 0.3 is 5.97 Å². The average Bonchev–Trinajstić information content (AvgIpc) is 2.80. The summed E-state index contributed by atoms with van der Waals surface area (Å²) >= 11 is 0. The van der Waals surface area contributed by atoms with Crippen LogP contribution < -0.4 is 5.73 Å². The SMILES string of the molecule is CCC1CCN(C(=O)C(N)CCCN2CCCCC2)CC1.O=C(O)Cc1ccccc1. The zero-order chi connectivity index (χ0) is 22.5. The summed E-state index contributed by atoms with van der Waals surface area (Å²) in [7, 11) is 0. The van der Waals surface area contributed by atoms with Crippen LogP contribution in [0.1, 0.15) is 63.9 Å². The number of nitrogens with zero attached hydrogens (tertiary/aromatic N) is 2. The number of carbonyl (C=O) groups excluding carboxylic acids is 1. The fraction of sp³-hybridized carbons (Fsp3) is 0.680. The van der Waals surface area contributed by atoms with Crippen LogP contribution in [0.15, 0.2) is 30.3 Å². The van der Waals surface area contributed by atoms with E-state index in [0.29, 0.717) is 0 Å². The maximum Gasteiger partial charge on any atom is 0.307 e. The lowest BCUT2D eigenvalue weighted by atomic mass is 9.94. The van der Waals surface area contributed by atoms with Gasteiger partial charge in [0.05, 0.1) is 12.5 Å². The molecule has 0 saturated carbocycles. The molecule has 0 bridgehead atoms. The summed E-state index contributed by atoms with van der Waals surface area (Å²) in [4.78, 5) is 27.1. The molecule has 0 aliphatic carbocycles. The zero-order valence-corrected chi connectivity index (χ0v) is 19.2. The highest BCUT2D eigenvalue weighted by molar-refractivity contribution is 5.81. The summed E-state index contributed by atoms with van der Waals surface area (Å²) in [5.74, 6) is 0.207. The van der Waals surface area contributed by atoms with Crippen molar-refractivity contribution in [1.29, 1.82) is 0 Å². The Labute approximate surface area is 187 Å². The normalized spacial score (nSPS) is 18.7. The topological polar surface area (TPSA) is 86.9 Å². The second-order valence-corrected chi connectivity index (χ2v) is 8.88. The maximum atomic E-state index is 12.4. The molecule has 0 radical (unpaired) electrons. The molecular formula is C25H41N3O3. The summed E-state index contributed by atoms with van der Waals surface area (Å²) in [6.07, 6.45) is 9.59. The number of hydrogen-bond donors (Lipinski definition) is 2. The third kappa shape index (κ3) is 9.83. The molecule has 2 saturated heterocycles. The number of hydrogen-bond acceptors (Lipinski definition) is 4. The molecule has 1 amide bonds. The molecule has 1 atom stereocenters. The molecule has 1 aromatic rings. The molecule has 6 heteroatoms. The Balaban J connectivity index is 0.000000285. The summed E-state index contributed by atoms with van der Waals surface area (Å²) in [6.45, 7) is 7.64. The lowest BCUT2D eigenvalue weighted by Crippen LogP contribution is -2.47. The van der Waals surface area contributed by atoms with E-state index in [1.807, 2.05) is 23.1 Å². The molecule has 1 aromatic carbocycles. The summed E-state index contributed by atoms with van der Waals surface area (Å²) < 4.78 is 0. The van der Waals surface area contributed by atoms with Crippen molar-refractivity contribution in [3.63, 3.8) is 0 Å². The molecule has 0 aromatic heterocycles. The van der Waals surface area contributed by atoms with Gasteiger partial charge in [-0.15, -0.1) is 0 Å². The van der Waals surface area contributed by atoms with Gasteiger partial charge in [-0.2, -0.15) is 0 Å². The van der Waals surface area contributed by atoms with E-state index in [1.165, 1.54) is 38.8 Å². The van der Waals surface area contributed by atoms with Gasteiger partial charge in [-0.25, -0.2) is 0 Å². The van der Waals surface area contributed by atoms with Crippen molar-refractivity contribution in [1.82, 2.24) is 9.80 Å². The molecule has 2 fully saturated rings. The highest BCUT2D eigenvalue weighted by Crippen LogP contribution is 2.20. The highest BCUT2D eigenvalue weighted by atomic mass is 16.4. The molecule has 3 N–H and O–H groups in total. The van der Waals surface area contributed by atoms with E-state index < -0.39 is 5.97 Å². The van der Waals surface area contributed by atoms with Crippen molar-refractivity contribution in [2.24, 2.45) is 11.7 Å². The van der Waals surface area contributed by atoms with Gasteiger partial charge in [0.15, 0.2) is 0 Å². The Bertz CT molecular complexity index is 639. The summed E-state index contributed by atoms with van der Waals surface area (Å²) in [5.41, 5.74) is 6.96. The first kappa shape index (κ1) is 25.3. The van der Waals surface area contributed by atoms with E-state index in [-0.39, 0.29) is 18.4 Å². The van der Waals surface area contributed by atoms with Crippen LogP contribution in [-0.2, 0) is 16.0 Å². The Hall–Kier alpha value is -1.92. The van der Waals surface area contributed by atoms with Crippen LogP contribution in [0.5, 0.6) is 0 Å². The van der Waals surface area contributed by atoms with Crippen molar-refractivity contribution in [3.05, 3.63) is 35.9 Å². The number of rotatable bonds is 8. The van der Waals surface area contributed by atoms with Gasteiger partial charge in [0.1, 0.15) is 0 Å². The lowest BCUT2D eigenvalue weighted by Gasteiger charge is -2.33. The fourth-order valence-electron chi connectivity index (χ4n) is 4.41. The fourth-order valence-corrected chi connectivity index (χ4v) is 4.41. The minimum absolute atomic E-state index is 0.112. The van der Waals surface area contributed by atoms with Gasteiger partial charge < -0.3 is 20.6 Å². The van der Waals surface area contributed by atoms with Crippen LogP contribution in [0.25, 0.3) is 0 Å². The van der Waals surface area contributed by atoms with Gasteiger partial charge in [-0.1, -0.05) is 50.1 Å². The monoisotopic (exact) mass is 431 g/mol. The number of carbonyl (C=O) groups is 2. The Morgan fingerprint density at radius 2 is 1.71 bits per heavy atom. The number of amides is 1. The van der Waals surface area contributed by atoms with Crippen molar-refractivity contribution in [3.8, 4) is 0 Å². The van der Waals surface area contributed by atoms with E-state index >= 15 is 0 Å². The number of likely N-dealkylation sites (tertiary alicyclic amines) is 2. The van der Waals surface area contributed by atoms with Gasteiger partial charge in [-0.3, -0.25) is 9.59 Å². The van der Waals surface area contributed by atoms with Gasteiger partial charge in [0.2, 0.25) is 5.91 Å². The first-order chi connectivity index (χ1) is 15.0. The minimum Gasteiger partial charge on any atom is -0.481 e. The number of carboxylic acids is 1. The molecular weight excluding hydrogens is 390 g/mol. The molecule has 31 heavy (non-hydrogen) atoms. The zero-order valence-electron chi connectivity index (χ0n) is 19.2. The van der Waals surface area contributed by atoms with Crippen LogP contribution in [0.3, 0.4) is 0 Å². The van der Waals surface area contributed by atoms with Crippen molar-refractivity contribution >= 4 is 11.9 Å². The van der Waals surface area contributed by atoms with Crippen molar-refractivity contribution < 1.29 is 14.7 Å². The third-order valence-electron chi connectivity index (χ3n) is 6.46. The maximum absolute atomic E-state index is 12.4. The predicted octanol–water partition coefficient (Wildman–Crippen LogP) is 3.54. The molecule has 0 spiro atoms. The number of piperidine rings is 2. The summed E-state index contributed by atoms with van der Waals surface area (Å²) in [5, 5.41) is 8.37. The molecule has 1 unspecified atom stereocenters.